The molecule has 0 aliphatic rings. The van der Waals surface area contributed by atoms with Crippen LogP contribution in [0.15, 0.2) is 64.2 Å². The second kappa shape index (κ2) is 7.77. The molecule has 0 aliphatic carbocycles. The van der Waals surface area contributed by atoms with Crippen LogP contribution in [0.3, 0.4) is 0 Å². The minimum atomic E-state index is -3.80. The molecule has 1 aromatic heterocycles. The summed E-state index contributed by atoms with van der Waals surface area (Å²) in [6, 6.07) is 12.5. The molecule has 0 saturated carbocycles. The number of thiophene rings is 1. The van der Waals surface area contributed by atoms with Gasteiger partial charge in [-0.25, -0.2) is 17.6 Å². The Balaban J connectivity index is 1.77. The van der Waals surface area contributed by atoms with E-state index in [1.165, 1.54) is 36.4 Å². The van der Waals surface area contributed by atoms with E-state index < -0.39 is 21.8 Å². The Morgan fingerprint density at radius 2 is 1.93 bits per heavy atom. The third-order valence-electron chi connectivity index (χ3n) is 3.55. The van der Waals surface area contributed by atoms with Crippen molar-refractivity contribution < 1.29 is 27.4 Å². The van der Waals surface area contributed by atoms with Crippen molar-refractivity contribution in [1.82, 2.24) is 0 Å². The number of ether oxygens (including phenoxy) is 1. The van der Waals surface area contributed by atoms with Crippen molar-refractivity contribution in [2.24, 2.45) is 0 Å². The summed E-state index contributed by atoms with van der Waals surface area (Å²) >= 11 is 1.04. The Morgan fingerprint density at radius 1 is 1.15 bits per heavy atom. The molecule has 0 atom stereocenters. The molecule has 3 aromatic rings. The molecule has 0 spiro atoms. The smallest absolute Gasteiger partial charge is 0.342 e. The van der Waals surface area contributed by atoms with E-state index in [9.17, 15) is 22.7 Å². The standard InChI is InChI=1S/C18H14FNO5S2/c19-15-5-2-1-4-12(15)11-25-18(22)14-10-13(7-8-16(14)21)20-27(23,24)17-6-3-9-26-17/h1-10,20-21H,11H2. The molecular formula is C18H14FNO5S2. The van der Waals surface area contributed by atoms with Crippen LogP contribution in [0.25, 0.3) is 0 Å². The van der Waals surface area contributed by atoms with Gasteiger partial charge in [-0.1, -0.05) is 24.3 Å². The predicted octanol–water partition coefficient (Wildman–Crippen LogP) is 3.75. The second-order valence-corrected chi connectivity index (χ2v) is 8.29. The van der Waals surface area contributed by atoms with Gasteiger partial charge in [-0.15, -0.1) is 11.3 Å². The van der Waals surface area contributed by atoms with Crippen LogP contribution >= 0.6 is 11.3 Å². The Labute approximate surface area is 158 Å². The average Bonchev–Trinajstić information content (AvgIpc) is 3.18. The summed E-state index contributed by atoms with van der Waals surface area (Å²) < 4.78 is 45.6. The zero-order valence-corrected chi connectivity index (χ0v) is 15.4. The van der Waals surface area contributed by atoms with E-state index in [1.54, 1.807) is 17.5 Å². The number of benzene rings is 2. The van der Waals surface area contributed by atoms with Gasteiger partial charge in [-0.3, -0.25) is 4.72 Å². The Bertz CT molecular complexity index is 1070. The molecule has 3 rings (SSSR count). The summed E-state index contributed by atoms with van der Waals surface area (Å²) in [5.74, 6) is -1.81. The van der Waals surface area contributed by atoms with E-state index >= 15 is 0 Å². The van der Waals surface area contributed by atoms with E-state index in [2.05, 4.69) is 4.72 Å². The molecule has 1 heterocycles. The number of nitrogens with one attached hydrogen (secondary N) is 1. The topological polar surface area (TPSA) is 92.7 Å². The Morgan fingerprint density at radius 3 is 2.63 bits per heavy atom. The number of halogens is 1. The van der Waals surface area contributed by atoms with Crippen LogP contribution in [0.4, 0.5) is 10.1 Å². The van der Waals surface area contributed by atoms with Gasteiger partial charge >= 0.3 is 5.97 Å². The quantitative estimate of drug-likeness (QED) is 0.480. The number of anilines is 1. The lowest BCUT2D eigenvalue weighted by Crippen LogP contribution is -2.12. The van der Waals surface area contributed by atoms with E-state index in [-0.39, 0.29) is 33.4 Å². The highest BCUT2D eigenvalue weighted by Gasteiger charge is 2.19. The van der Waals surface area contributed by atoms with Crippen molar-refractivity contribution in [1.29, 1.82) is 0 Å². The number of sulfonamides is 1. The summed E-state index contributed by atoms with van der Waals surface area (Å²) in [4.78, 5) is 12.2. The van der Waals surface area contributed by atoms with Gasteiger partial charge in [0.25, 0.3) is 10.0 Å². The molecule has 6 nitrogen and oxygen atoms in total. The highest BCUT2D eigenvalue weighted by Crippen LogP contribution is 2.26. The van der Waals surface area contributed by atoms with Crippen molar-refractivity contribution in [3.05, 3.63) is 76.9 Å². The van der Waals surface area contributed by atoms with E-state index in [1.807, 2.05) is 0 Å². The van der Waals surface area contributed by atoms with Crippen molar-refractivity contribution in [2.75, 3.05) is 4.72 Å². The molecule has 0 fully saturated rings. The molecule has 27 heavy (non-hydrogen) atoms. The zero-order valence-electron chi connectivity index (χ0n) is 13.8. The Hall–Kier alpha value is -2.91. The summed E-state index contributed by atoms with van der Waals surface area (Å²) in [6.07, 6.45) is 0. The predicted molar refractivity (Wildman–Crippen MR) is 98.8 cm³/mol. The fraction of sp³-hybridized carbons (Fsp3) is 0.0556. The molecule has 0 saturated heterocycles. The highest BCUT2D eigenvalue weighted by molar-refractivity contribution is 7.94. The summed E-state index contributed by atoms with van der Waals surface area (Å²) in [7, 11) is -3.80. The number of hydrogen-bond acceptors (Lipinski definition) is 6. The highest BCUT2D eigenvalue weighted by atomic mass is 32.2. The molecule has 0 unspecified atom stereocenters. The monoisotopic (exact) mass is 407 g/mol. The number of esters is 1. The zero-order chi connectivity index (χ0) is 19.4. The second-order valence-electron chi connectivity index (χ2n) is 5.44. The van der Waals surface area contributed by atoms with Gasteiger partial charge in [0.15, 0.2) is 0 Å². The lowest BCUT2D eigenvalue weighted by Gasteiger charge is -2.10. The minimum absolute atomic E-state index is 0.0824. The minimum Gasteiger partial charge on any atom is -0.507 e. The fourth-order valence-corrected chi connectivity index (χ4v) is 4.26. The van der Waals surface area contributed by atoms with E-state index in [0.29, 0.717) is 0 Å². The number of aromatic hydroxyl groups is 1. The first kappa shape index (κ1) is 18.9. The van der Waals surface area contributed by atoms with Crippen LogP contribution < -0.4 is 4.72 Å². The SMILES string of the molecule is O=C(OCc1ccccc1F)c1cc(NS(=O)(=O)c2cccs2)ccc1O. The maximum Gasteiger partial charge on any atom is 0.342 e. The van der Waals surface area contributed by atoms with Gasteiger partial charge in [-0.05, 0) is 35.7 Å². The summed E-state index contributed by atoms with van der Waals surface area (Å²) in [6.45, 7) is -0.323. The first-order chi connectivity index (χ1) is 12.9. The van der Waals surface area contributed by atoms with Gasteiger partial charge < -0.3 is 9.84 Å². The van der Waals surface area contributed by atoms with E-state index in [4.69, 9.17) is 4.74 Å². The lowest BCUT2D eigenvalue weighted by atomic mass is 10.2. The van der Waals surface area contributed by atoms with Crippen molar-refractivity contribution in [3.63, 3.8) is 0 Å². The van der Waals surface area contributed by atoms with Crippen molar-refractivity contribution >= 4 is 33.0 Å². The van der Waals surface area contributed by atoms with Crippen LogP contribution in [-0.2, 0) is 21.4 Å². The summed E-state index contributed by atoms with van der Waals surface area (Å²) in [5, 5.41) is 11.5. The summed E-state index contributed by atoms with van der Waals surface area (Å²) in [5.41, 5.74) is 0.0247. The third-order valence-corrected chi connectivity index (χ3v) is 6.32. The van der Waals surface area contributed by atoms with Gasteiger partial charge in [0.05, 0.1) is 0 Å². The van der Waals surface area contributed by atoms with E-state index in [0.717, 1.165) is 17.4 Å². The maximum atomic E-state index is 13.6. The molecule has 140 valence electrons. The molecule has 0 amide bonds. The number of carbonyl (C=O) groups excluding carboxylic acids is 1. The fourth-order valence-electron chi connectivity index (χ4n) is 2.22. The lowest BCUT2D eigenvalue weighted by molar-refractivity contribution is 0.0465. The molecule has 0 radical (unpaired) electrons. The number of carbonyl (C=O) groups is 1. The normalized spacial score (nSPS) is 11.1. The van der Waals surface area contributed by atoms with Crippen LogP contribution in [0.5, 0.6) is 5.75 Å². The molecule has 2 aromatic carbocycles. The molecule has 2 N–H and O–H groups in total. The van der Waals surface area contributed by atoms with Crippen LogP contribution in [-0.4, -0.2) is 19.5 Å². The van der Waals surface area contributed by atoms with Crippen LogP contribution in [0, 0.1) is 5.82 Å². The van der Waals surface area contributed by atoms with Crippen LogP contribution in [0.1, 0.15) is 15.9 Å². The Kier molecular flexibility index (Phi) is 5.43. The molecule has 0 bridgehead atoms. The first-order valence-electron chi connectivity index (χ1n) is 7.67. The van der Waals surface area contributed by atoms with Crippen molar-refractivity contribution in [3.8, 4) is 5.75 Å². The maximum absolute atomic E-state index is 13.6. The number of phenols is 1. The number of hydrogen-bond donors (Lipinski definition) is 2. The largest absolute Gasteiger partial charge is 0.507 e. The first-order valence-corrected chi connectivity index (χ1v) is 10.0. The molecular weight excluding hydrogens is 393 g/mol. The number of rotatable bonds is 6. The van der Waals surface area contributed by atoms with Gasteiger partial charge in [0.2, 0.25) is 0 Å². The van der Waals surface area contributed by atoms with Gasteiger partial charge in [-0.2, -0.15) is 0 Å². The average molecular weight is 407 g/mol. The number of phenolic OH excluding ortho intramolecular Hbond substituents is 1. The van der Waals surface area contributed by atoms with Crippen LogP contribution in [0.2, 0.25) is 0 Å². The molecule has 9 heteroatoms. The van der Waals surface area contributed by atoms with Gasteiger partial charge in [0.1, 0.15) is 27.9 Å². The third kappa shape index (κ3) is 4.44. The molecule has 0 aliphatic heterocycles. The van der Waals surface area contributed by atoms with Gasteiger partial charge in [0, 0.05) is 11.3 Å². The van der Waals surface area contributed by atoms with Crippen molar-refractivity contribution in [2.45, 2.75) is 10.8 Å².